The van der Waals surface area contributed by atoms with E-state index in [1.165, 1.54) is 32.1 Å². The largest absolute Gasteiger partial charge is 0.480 e. The number of carbonyl (C=O) groups is 3. The second kappa shape index (κ2) is 41.1. The molecule has 0 aliphatic heterocycles. The van der Waals surface area contributed by atoms with E-state index in [0.29, 0.717) is 12.8 Å². The predicted octanol–water partition coefficient (Wildman–Crippen LogP) is 11.7. The van der Waals surface area contributed by atoms with Crippen LogP contribution >= 0.6 is 7.82 Å². The Labute approximate surface area is 355 Å². The van der Waals surface area contributed by atoms with E-state index in [-0.39, 0.29) is 19.4 Å². The van der Waals surface area contributed by atoms with Gasteiger partial charge in [0.2, 0.25) is 0 Å². The summed E-state index contributed by atoms with van der Waals surface area (Å²) in [6, 6.07) is -1.53. The average molecular weight is 846 g/mol. The van der Waals surface area contributed by atoms with Gasteiger partial charge in [-0.2, -0.15) is 0 Å². The van der Waals surface area contributed by atoms with E-state index in [4.69, 9.17) is 24.8 Å². The molecular formula is C47H76NO10P. The lowest BCUT2D eigenvalue weighted by Crippen LogP contribution is -2.34. The minimum atomic E-state index is -4.73. The molecule has 12 heteroatoms. The maximum absolute atomic E-state index is 12.6. The number of aliphatic carboxylic acids is 1. The smallest absolute Gasteiger partial charge is 0.472 e. The van der Waals surface area contributed by atoms with E-state index in [2.05, 4.69) is 79.1 Å². The van der Waals surface area contributed by atoms with Crippen molar-refractivity contribution < 1.29 is 47.5 Å². The first-order chi connectivity index (χ1) is 28.6. The number of esters is 2. The van der Waals surface area contributed by atoms with Crippen LogP contribution in [0.2, 0.25) is 0 Å². The van der Waals surface area contributed by atoms with Crippen LogP contribution in [-0.4, -0.2) is 59.9 Å². The number of hydrogen-bond acceptors (Lipinski definition) is 9. The van der Waals surface area contributed by atoms with Crippen LogP contribution in [0.1, 0.15) is 149 Å². The molecule has 0 aromatic carbocycles. The van der Waals surface area contributed by atoms with Gasteiger partial charge < -0.3 is 25.2 Å². The number of hydrogen-bond donors (Lipinski definition) is 3. The Bertz CT molecular complexity index is 1360. The number of phosphoric ester groups is 1. The highest BCUT2D eigenvalue weighted by Gasteiger charge is 2.28. The van der Waals surface area contributed by atoms with Gasteiger partial charge in [-0.1, -0.05) is 162 Å². The van der Waals surface area contributed by atoms with Crippen molar-refractivity contribution >= 4 is 25.7 Å². The Kier molecular flexibility index (Phi) is 38.6. The van der Waals surface area contributed by atoms with Crippen LogP contribution in [0.3, 0.4) is 0 Å². The fraction of sp³-hybridized carbons (Fsp3) is 0.596. The molecule has 0 aromatic heterocycles. The Morgan fingerprint density at radius 3 is 1.56 bits per heavy atom. The molecule has 2 unspecified atom stereocenters. The van der Waals surface area contributed by atoms with Gasteiger partial charge in [0.05, 0.1) is 13.2 Å². The molecular weight excluding hydrogens is 769 g/mol. The zero-order chi connectivity index (χ0) is 43.5. The fourth-order valence-corrected chi connectivity index (χ4v) is 6.08. The molecule has 0 heterocycles. The van der Waals surface area contributed by atoms with Crippen LogP contribution in [0.15, 0.2) is 97.2 Å². The molecule has 11 nitrogen and oxygen atoms in total. The number of carbonyl (C=O) groups excluding carboxylic acids is 2. The van der Waals surface area contributed by atoms with Gasteiger partial charge in [0, 0.05) is 12.8 Å². The maximum atomic E-state index is 12.6. The van der Waals surface area contributed by atoms with E-state index in [1.54, 1.807) is 0 Å². The topological polar surface area (TPSA) is 172 Å². The third-order valence-corrected chi connectivity index (χ3v) is 9.62. The molecule has 0 aliphatic carbocycles. The van der Waals surface area contributed by atoms with E-state index in [9.17, 15) is 23.8 Å². The van der Waals surface area contributed by atoms with Crippen molar-refractivity contribution in [3.63, 3.8) is 0 Å². The van der Waals surface area contributed by atoms with Gasteiger partial charge >= 0.3 is 25.7 Å². The average Bonchev–Trinajstić information content (AvgIpc) is 3.21. The first-order valence-corrected chi connectivity index (χ1v) is 23.3. The SMILES string of the molecule is CC/C=C/C=C/C=C/C=C/CCCCCC(=O)OC(COC(=O)CCCCCCCCCCC/C=C/C/C=C/C/C=C/C/C=C/CC)COP(=O)(O)OC[C@@H](N)C(=O)O. The molecule has 0 aliphatic rings. The molecule has 0 saturated carbocycles. The monoisotopic (exact) mass is 846 g/mol. The third-order valence-electron chi connectivity index (χ3n) is 8.67. The highest BCUT2D eigenvalue weighted by atomic mass is 31.2. The van der Waals surface area contributed by atoms with Gasteiger partial charge in [0.15, 0.2) is 6.10 Å². The molecule has 3 atom stereocenters. The number of allylic oxidation sites excluding steroid dienone is 16. The van der Waals surface area contributed by atoms with Crippen LogP contribution in [0.25, 0.3) is 0 Å². The Morgan fingerprint density at radius 1 is 0.542 bits per heavy atom. The molecule has 0 radical (unpaired) electrons. The summed E-state index contributed by atoms with van der Waals surface area (Å²) >= 11 is 0. The van der Waals surface area contributed by atoms with Crippen molar-refractivity contribution in [2.45, 2.75) is 161 Å². The number of phosphoric acid groups is 1. The quantitative estimate of drug-likeness (QED) is 0.0177. The van der Waals surface area contributed by atoms with Crippen LogP contribution in [0.4, 0.5) is 0 Å². The third kappa shape index (κ3) is 40.9. The summed E-state index contributed by atoms with van der Waals surface area (Å²) in [5, 5.41) is 8.89. The number of nitrogens with two attached hydrogens (primary N) is 1. The van der Waals surface area contributed by atoms with Crippen molar-refractivity contribution in [1.29, 1.82) is 0 Å². The lowest BCUT2D eigenvalue weighted by atomic mass is 10.1. The summed E-state index contributed by atoms with van der Waals surface area (Å²) in [5.41, 5.74) is 5.33. The molecule has 0 saturated heterocycles. The predicted molar refractivity (Wildman–Crippen MR) is 240 cm³/mol. The number of carboxylic acids is 1. The summed E-state index contributed by atoms with van der Waals surface area (Å²) in [5.74, 6) is -2.45. The van der Waals surface area contributed by atoms with Gasteiger partial charge in [-0.25, -0.2) is 4.57 Å². The minimum absolute atomic E-state index is 0.108. The molecule has 334 valence electrons. The molecule has 0 aromatic rings. The summed E-state index contributed by atoms with van der Waals surface area (Å²) in [7, 11) is -4.73. The van der Waals surface area contributed by atoms with Crippen molar-refractivity contribution in [3.05, 3.63) is 97.2 Å². The first-order valence-electron chi connectivity index (χ1n) is 21.8. The van der Waals surface area contributed by atoms with Crippen LogP contribution < -0.4 is 5.73 Å². The maximum Gasteiger partial charge on any atom is 0.472 e. The number of ether oxygens (including phenoxy) is 2. The lowest BCUT2D eigenvalue weighted by Gasteiger charge is -2.20. The number of rotatable bonds is 39. The standard InChI is InChI=1S/C47H76NO10P/c1-3-5-7-9-11-13-15-17-18-19-20-21-22-23-24-25-27-28-30-32-34-36-38-45(49)55-40-43(41-56-59(53,54)57-42-44(48)47(51)52)58-46(50)39-37-35-33-31-29-26-16-14-12-10-8-6-4-2/h5-8,10-14,16-18,20-21,26,29,43-44H,3-4,9,15,19,22-25,27-28,30-42,48H2,1-2H3,(H,51,52)(H,53,54)/b7-5+,8-6+,12-10+,13-11+,16-14+,18-17+,21-20+,29-26+/t43?,44-/m1/s1. The van der Waals surface area contributed by atoms with E-state index in [1.807, 2.05) is 36.5 Å². The van der Waals surface area contributed by atoms with E-state index < -0.39 is 51.1 Å². The second-order valence-electron chi connectivity index (χ2n) is 14.2. The highest BCUT2D eigenvalue weighted by Crippen LogP contribution is 2.43. The molecule has 59 heavy (non-hydrogen) atoms. The zero-order valence-electron chi connectivity index (χ0n) is 36.0. The first kappa shape index (κ1) is 55.4. The number of unbranched alkanes of at least 4 members (excludes halogenated alkanes) is 12. The highest BCUT2D eigenvalue weighted by molar-refractivity contribution is 7.47. The summed E-state index contributed by atoms with van der Waals surface area (Å²) in [6.07, 6.45) is 51.9. The summed E-state index contributed by atoms with van der Waals surface area (Å²) in [6.45, 7) is 2.48. The van der Waals surface area contributed by atoms with Crippen molar-refractivity contribution in [2.75, 3.05) is 19.8 Å². The van der Waals surface area contributed by atoms with Crippen LogP contribution in [0.5, 0.6) is 0 Å². The van der Waals surface area contributed by atoms with Gasteiger partial charge in [0.1, 0.15) is 12.6 Å². The van der Waals surface area contributed by atoms with Gasteiger partial charge in [-0.15, -0.1) is 0 Å². The molecule has 0 spiro atoms. The Balaban J connectivity index is 4.36. The molecule has 4 N–H and O–H groups in total. The van der Waals surface area contributed by atoms with E-state index in [0.717, 1.165) is 77.0 Å². The lowest BCUT2D eigenvalue weighted by molar-refractivity contribution is -0.161. The van der Waals surface area contributed by atoms with Crippen molar-refractivity contribution in [3.8, 4) is 0 Å². The zero-order valence-corrected chi connectivity index (χ0v) is 36.9. The normalized spacial score (nSPS) is 14.6. The van der Waals surface area contributed by atoms with Crippen LogP contribution in [-0.2, 0) is 37.5 Å². The molecule has 0 amide bonds. The van der Waals surface area contributed by atoms with Gasteiger partial charge in [-0.05, 0) is 70.6 Å². The minimum Gasteiger partial charge on any atom is -0.480 e. The fourth-order valence-electron chi connectivity index (χ4n) is 5.30. The van der Waals surface area contributed by atoms with Gasteiger partial charge in [0.25, 0.3) is 0 Å². The Hall–Kier alpha value is -3.60. The number of carboxylic acid groups (broad SMARTS) is 1. The summed E-state index contributed by atoms with van der Waals surface area (Å²) < 4.78 is 32.6. The molecule has 0 rings (SSSR count). The second-order valence-corrected chi connectivity index (χ2v) is 15.6. The molecule has 0 bridgehead atoms. The summed E-state index contributed by atoms with van der Waals surface area (Å²) in [4.78, 5) is 45.9. The van der Waals surface area contributed by atoms with Gasteiger partial charge in [-0.3, -0.25) is 23.4 Å². The van der Waals surface area contributed by atoms with Crippen LogP contribution in [0, 0.1) is 0 Å². The molecule has 0 fully saturated rings. The van der Waals surface area contributed by atoms with Crippen molar-refractivity contribution in [2.24, 2.45) is 5.73 Å². The van der Waals surface area contributed by atoms with E-state index >= 15 is 0 Å². The van der Waals surface area contributed by atoms with Crippen molar-refractivity contribution in [1.82, 2.24) is 0 Å². The Morgan fingerprint density at radius 2 is 0.983 bits per heavy atom.